The summed E-state index contributed by atoms with van der Waals surface area (Å²) in [6, 6.07) is 7.95. The zero-order valence-electron chi connectivity index (χ0n) is 13.3. The number of rotatable bonds is 4. The molecule has 1 aromatic carbocycles. The Hall–Kier alpha value is -1.51. The highest BCUT2D eigenvalue weighted by atomic mass is 16.5. The third-order valence-electron chi connectivity index (χ3n) is 6.13. The van der Waals surface area contributed by atoms with E-state index in [2.05, 4.69) is 5.32 Å². The highest BCUT2D eigenvalue weighted by Gasteiger charge is 2.54. The molecule has 118 valence electrons. The van der Waals surface area contributed by atoms with Crippen LogP contribution in [-0.4, -0.2) is 13.0 Å². The number of carbonyl (C=O) groups is 1. The molecule has 4 aliphatic rings. The zero-order valence-corrected chi connectivity index (χ0v) is 13.3. The summed E-state index contributed by atoms with van der Waals surface area (Å²) < 4.78 is 5.17. The first-order valence-corrected chi connectivity index (χ1v) is 8.58. The number of hydrogen-bond acceptors (Lipinski definition) is 2. The molecule has 0 saturated heterocycles. The normalized spacial score (nSPS) is 35.4. The van der Waals surface area contributed by atoms with Crippen LogP contribution in [0, 0.1) is 23.2 Å². The monoisotopic (exact) mass is 299 g/mol. The van der Waals surface area contributed by atoms with E-state index in [9.17, 15) is 4.79 Å². The zero-order chi connectivity index (χ0) is 15.2. The molecule has 4 bridgehead atoms. The van der Waals surface area contributed by atoms with Crippen LogP contribution in [0.5, 0.6) is 5.75 Å². The lowest BCUT2D eigenvalue weighted by molar-refractivity contribution is -0.146. The quantitative estimate of drug-likeness (QED) is 0.923. The van der Waals surface area contributed by atoms with Gasteiger partial charge >= 0.3 is 0 Å². The second-order valence-electron chi connectivity index (χ2n) is 7.73. The molecule has 0 aromatic heterocycles. The molecule has 4 fully saturated rings. The summed E-state index contributed by atoms with van der Waals surface area (Å²) in [7, 11) is 1.67. The Bertz CT molecular complexity index is 528. The van der Waals surface area contributed by atoms with E-state index >= 15 is 0 Å². The van der Waals surface area contributed by atoms with E-state index in [1.54, 1.807) is 7.11 Å². The number of amides is 1. The van der Waals surface area contributed by atoms with Crippen molar-refractivity contribution in [1.29, 1.82) is 0 Å². The predicted octanol–water partition coefficient (Wildman–Crippen LogP) is 3.53. The van der Waals surface area contributed by atoms with Crippen LogP contribution in [0.15, 0.2) is 24.3 Å². The van der Waals surface area contributed by atoms with Crippen LogP contribution in [0.3, 0.4) is 0 Å². The van der Waals surface area contributed by atoms with Gasteiger partial charge in [-0.25, -0.2) is 0 Å². The summed E-state index contributed by atoms with van der Waals surface area (Å²) in [4.78, 5) is 12.9. The van der Waals surface area contributed by atoms with Crippen LogP contribution in [0.1, 0.15) is 44.1 Å². The Morgan fingerprint density at radius 3 is 2.14 bits per heavy atom. The maximum Gasteiger partial charge on any atom is 0.226 e. The van der Waals surface area contributed by atoms with Gasteiger partial charge in [0.25, 0.3) is 0 Å². The first-order chi connectivity index (χ1) is 10.7. The minimum Gasteiger partial charge on any atom is -0.497 e. The Balaban J connectivity index is 1.41. The van der Waals surface area contributed by atoms with Gasteiger partial charge in [0, 0.05) is 12.0 Å². The molecule has 1 aromatic rings. The van der Waals surface area contributed by atoms with Crippen molar-refractivity contribution in [3.63, 3.8) is 0 Å². The van der Waals surface area contributed by atoms with E-state index < -0.39 is 0 Å². The van der Waals surface area contributed by atoms with E-state index in [1.165, 1.54) is 19.3 Å². The van der Waals surface area contributed by atoms with Crippen molar-refractivity contribution in [3.05, 3.63) is 29.8 Å². The molecule has 0 spiro atoms. The fourth-order valence-electron chi connectivity index (χ4n) is 5.50. The number of benzene rings is 1. The molecule has 0 heterocycles. The van der Waals surface area contributed by atoms with Crippen LogP contribution in [0.2, 0.25) is 0 Å². The first-order valence-electron chi connectivity index (χ1n) is 8.58. The second kappa shape index (κ2) is 5.29. The molecular weight excluding hydrogens is 274 g/mol. The van der Waals surface area contributed by atoms with E-state index in [0.717, 1.165) is 48.3 Å². The van der Waals surface area contributed by atoms with Crippen molar-refractivity contribution in [2.24, 2.45) is 23.2 Å². The topological polar surface area (TPSA) is 38.3 Å². The maximum absolute atomic E-state index is 12.9. The van der Waals surface area contributed by atoms with E-state index in [4.69, 9.17) is 4.74 Å². The van der Waals surface area contributed by atoms with Crippen LogP contribution in [-0.2, 0) is 11.3 Å². The minimum absolute atomic E-state index is 0.0405. The van der Waals surface area contributed by atoms with Crippen molar-refractivity contribution < 1.29 is 9.53 Å². The molecule has 0 radical (unpaired) electrons. The maximum atomic E-state index is 12.9. The number of carbonyl (C=O) groups excluding carboxylic acids is 1. The van der Waals surface area contributed by atoms with Crippen molar-refractivity contribution in [1.82, 2.24) is 5.32 Å². The van der Waals surface area contributed by atoms with Gasteiger partial charge in [0.05, 0.1) is 7.11 Å². The second-order valence-corrected chi connectivity index (χ2v) is 7.73. The van der Waals surface area contributed by atoms with Crippen molar-refractivity contribution in [3.8, 4) is 5.75 Å². The van der Waals surface area contributed by atoms with Crippen molar-refractivity contribution >= 4 is 5.91 Å². The summed E-state index contributed by atoms with van der Waals surface area (Å²) in [6.45, 7) is 0.630. The fourth-order valence-corrected chi connectivity index (χ4v) is 5.50. The summed E-state index contributed by atoms with van der Waals surface area (Å²) in [6.07, 6.45) is 7.54. The summed E-state index contributed by atoms with van der Waals surface area (Å²) in [5.74, 6) is 3.62. The van der Waals surface area contributed by atoms with Crippen molar-refractivity contribution in [2.75, 3.05) is 7.11 Å². The molecule has 1 amide bonds. The molecule has 4 aliphatic carbocycles. The standard InChI is InChI=1S/C19H25NO2/c1-22-17-4-2-13(3-5-17)12-20-18(21)19-9-14-6-15(10-19)8-16(7-14)11-19/h2-5,14-16H,6-12H2,1H3,(H,20,21). The molecule has 0 unspecified atom stereocenters. The Kier molecular flexibility index (Phi) is 3.39. The third kappa shape index (κ3) is 2.41. The minimum atomic E-state index is -0.0405. The first kappa shape index (κ1) is 14.1. The van der Waals surface area contributed by atoms with Gasteiger partial charge in [0.15, 0.2) is 0 Å². The van der Waals surface area contributed by atoms with Crippen LogP contribution in [0.25, 0.3) is 0 Å². The van der Waals surface area contributed by atoms with Crippen molar-refractivity contribution in [2.45, 2.75) is 45.1 Å². The summed E-state index contributed by atoms with van der Waals surface area (Å²) in [5.41, 5.74) is 1.10. The number of hydrogen-bond donors (Lipinski definition) is 1. The Morgan fingerprint density at radius 2 is 1.64 bits per heavy atom. The van der Waals surface area contributed by atoms with E-state index in [-0.39, 0.29) is 5.41 Å². The van der Waals surface area contributed by atoms with Crippen LogP contribution < -0.4 is 10.1 Å². The number of methoxy groups -OCH3 is 1. The SMILES string of the molecule is COc1ccc(CNC(=O)C23CC4CC(CC(C4)C2)C3)cc1. The number of ether oxygens (including phenoxy) is 1. The Labute approximate surface area is 132 Å². The molecular formula is C19H25NO2. The highest BCUT2D eigenvalue weighted by Crippen LogP contribution is 2.60. The van der Waals surface area contributed by atoms with Crippen LogP contribution in [0.4, 0.5) is 0 Å². The number of nitrogens with one attached hydrogen (secondary N) is 1. The average molecular weight is 299 g/mol. The summed E-state index contributed by atoms with van der Waals surface area (Å²) in [5, 5.41) is 3.21. The highest BCUT2D eigenvalue weighted by molar-refractivity contribution is 5.83. The van der Waals surface area contributed by atoms with Gasteiger partial charge in [0.1, 0.15) is 5.75 Å². The molecule has 4 saturated carbocycles. The van der Waals surface area contributed by atoms with Gasteiger partial charge in [-0.2, -0.15) is 0 Å². The van der Waals surface area contributed by atoms with E-state index in [1.807, 2.05) is 24.3 Å². The van der Waals surface area contributed by atoms with Gasteiger partial charge in [-0.15, -0.1) is 0 Å². The lowest BCUT2D eigenvalue weighted by atomic mass is 9.49. The fraction of sp³-hybridized carbons (Fsp3) is 0.632. The largest absolute Gasteiger partial charge is 0.497 e. The summed E-state index contributed by atoms with van der Waals surface area (Å²) >= 11 is 0. The molecule has 0 atom stereocenters. The van der Waals surface area contributed by atoms with Crippen LogP contribution >= 0.6 is 0 Å². The lowest BCUT2D eigenvalue weighted by Crippen LogP contribution is -2.53. The predicted molar refractivity (Wildman–Crippen MR) is 85.4 cm³/mol. The molecule has 22 heavy (non-hydrogen) atoms. The smallest absolute Gasteiger partial charge is 0.226 e. The van der Waals surface area contributed by atoms with Gasteiger partial charge in [-0.3, -0.25) is 4.79 Å². The van der Waals surface area contributed by atoms with Gasteiger partial charge in [0.2, 0.25) is 5.91 Å². The van der Waals surface area contributed by atoms with E-state index in [0.29, 0.717) is 12.5 Å². The lowest BCUT2D eigenvalue weighted by Gasteiger charge is -2.55. The van der Waals surface area contributed by atoms with Gasteiger partial charge in [-0.05, 0) is 74.0 Å². The Morgan fingerprint density at radius 1 is 1.09 bits per heavy atom. The molecule has 5 rings (SSSR count). The van der Waals surface area contributed by atoms with Gasteiger partial charge in [-0.1, -0.05) is 12.1 Å². The average Bonchev–Trinajstić information content (AvgIpc) is 2.51. The third-order valence-corrected chi connectivity index (χ3v) is 6.13. The molecule has 3 nitrogen and oxygen atoms in total. The molecule has 0 aliphatic heterocycles. The molecule has 3 heteroatoms. The van der Waals surface area contributed by atoms with Gasteiger partial charge < -0.3 is 10.1 Å². The molecule has 1 N–H and O–H groups in total.